The lowest BCUT2D eigenvalue weighted by molar-refractivity contribution is 0.0630. The molecule has 20 heavy (non-hydrogen) atoms. The first-order valence-corrected chi connectivity index (χ1v) is 7.16. The fourth-order valence-electron chi connectivity index (χ4n) is 1.80. The summed E-state index contributed by atoms with van der Waals surface area (Å²) in [4.78, 5) is 0. The van der Waals surface area contributed by atoms with E-state index in [9.17, 15) is 5.11 Å². The Morgan fingerprint density at radius 3 is 2.30 bits per heavy atom. The summed E-state index contributed by atoms with van der Waals surface area (Å²) in [6.45, 7) is 7.93. The smallest absolute Gasteiger partial charge is 0.119 e. The lowest BCUT2D eigenvalue weighted by Crippen LogP contribution is -2.31. The van der Waals surface area contributed by atoms with E-state index in [1.807, 2.05) is 12.1 Å². The van der Waals surface area contributed by atoms with E-state index in [-0.39, 0.29) is 6.04 Å². The Kier molecular flexibility index (Phi) is 7.59. The molecule has 0 aromatic heterocycles. The minimum Gasteiger partial charge on any atom is -0.493 e. The van der Waals surface area contributed by atoms with Gasteiger partial charge in [0.25, 0.3) is 0 Å². The quantitative estimate of drug-likeness (QED) is 0.729. The Morgan fingerprint density at radius 1 is 1.10 bits per heavy atom. The molecule has 2 N–H and O–H groups in total. The lowest BCUT2D eigenvalue weighted by atomic mass is 10.1. The van der Waals surface area contributed by atoms with Gasteiger partial charge in [0.15, 0.2) is 0 Å². The Bertz CT molecular complexity index is 364. The van der Waals surface area contributed by atoms with Crippen molar-refractivity contribution in [2.75, 3.05) is 26.9 Å². The molecule has 0 aliphatic heterocycles. The fraction of sp³-hybridized carbons (Fsp3) is 0.625. The van der Waals surface area contributed by atoms with E-state index in [0.717, 1.165) is 12.4 Å². The molecule has 2 atom stereocenters. The third-order valence-electron chi connectivity index (χ3n) is 2.98. The van der Waals surface area contributed by atoms with Gasteiger partial charge < -0.3 is 19.9 Å². The second-order valence-corrected chi connectivity index (χ2v) is 5.51. The van der Waals surface area contributed by atoms with Gasteiger partial charge in [-0.2, -0.15) is 0 Å². The zero-order chi connectivity index (χ0) is 15.0. The van der Waals surface area contributed by atoms with Crippen molar-refractivity contribution >= 4 is 0 Å². The molecule has 0 radical (unpaired) electrons. The van der Waals surface area contributed by atoms with Crippen LogP contribution in [0.25, 0.3) is 0 Å². The average molecular weight is 281 g/mol. The SMILES string of the molecule is COCC(O)CNC(C)c1ccc(OCC(C)C)cc1. The van der Waals surface area contributed by atoms with Crippen molar-refractivity contribution in [1.29, 1.82) is 0 Å². The summed E-state index contributed by atoms with van der Waals surface area (Å²) in [6, 6.07) is 8.26. The molecule has 0 saturated heterocycles. The summed E-state index contributed by atoms with van der Waals surface area (Å²) in [6.07, 6.45) is -0.476. The summed E-state index contributed by atoms with van der Waals surface area (Å²) in [5.41, 5.74) is 1.17. The number of nitrogens with one attached hydrogen (secondary N) is 1. The van der Waals surface area contributed by atoms with E-state index >= 15 is 0 Å². The van der Waals surface area contributed by atoms with E-state index < -0.39 is 6.10 Å². The zero-order valence-electron chi connectivity index (χ0n) is 12.9. The predicted molar refractivity (Wildman–Crippen MR) is 81.1 cm³/mol. The van der Waals surface area contributed by atoms with Gasteiger partial charge in [-0.05, 0) is 30.5 Å². The second-order valence-electron chi connectivity index (χ2n) is 5.51. The number of rotatable bonds is 9. The Labute approximate surface area is 122 Å². The highest BCUT2D eigenvalue weighted by Gasteiger charge is 2.08. The van der Waals surface area contributed by atoms with Gasteiger partial charge in [0.05, 0.1) is 19.3 Å². The zero-order valence-corrected chi connectivity index (χ0v) is 12.9. The highest BCUT2D eigenvalue weighted by molar-refractivity contribution is 5.28. The largest absolute Gasteiger partial charge is 0.493 e. The van der Waals surface area contributed by atoms with Gasteiger partial charge in [-0.1, -0.05) is 26.0 Å². The first-order valence-electron chi connectivity index (χ1n) is 7.16. The highest BCUT2D eigenvalue weighted by Crippen LogP contribution is 2.18. The predicted octanol–water partition coefficient (Wildman–Crippen LogP) is 2.38. The molecule has 0 heterocycles. The summed E-state index contributed by atoms with van der Waals surface area (Å²) in [7, 11) is 1.59. The van der Waals surface area contributed by atoms with Crippen LogP contribution in [0.15, 0.2) is 24.3 Å². The first kappa shape index (κ1) is 17.0. The average Bonchev–Trinajstić information content (AvgIpc) is 2.43. The van der Waals surface area contributed by atoms with Crippen LogP contribution in [0.2, 0.25) is 0 Å². The molecular weight excluding hydrogens is 254 g/mol. The highest BCUT2D eigenvalue weighted by atomic mass is 16.5. The number of hydrogen-bond donors (Lipinski definition) is 2. The van der Waals surface area contributed by atoms with Crippen LogP contribution in [-0.2, 0) is 4.74 Å². The number of hydrogen-bond acceptors (Lipinski definition) is 4. The van der Waals surface area contributed by atoms with Crippen molar-refractivity contribution in [3.8, 4) is 5.75 Å². The van der Waals surface area contributed by atoms with Crippen molar-refractivity contribution in [2.45, 2.75) is 32.9 Å². The van der Waals surface area contributed by atoms with Crippen LogP contribution < -0.4 is 10.1 Å². The summed E-state index contributed by atoms with van der Waals surface area (Å²) < 4.78 is 10.6. The van der Waals surface area contributed by atoms with Gasteiger partial charge in [0.1, 0.15) is 5.75 Å². The standard InChI is InChI=1S/C16H27NO3/c1-12(2)10-20-16-7-5-14(6-8-16)13(3)17-9-15(18)11-19-4/h5-8,12-13,15,17-18H,9-11H2,1-4H3. The molecule has 0 saturated carbocycles. The Morgan fingerprint density at radius 2 is 1.75 bits per heavy atom. The molecule has 4 nitrogen and oxygen atoms in total. The third-order valence-corrected chi connectivity index (χ3v) is 2.98. The normalized spacial score (nSPS) is 14.3. The topological polar surface area (TPSA) is 50.7 Å². The molecule has 1 rings (SSSR count). The summed E-state index contributed by atoms with van der Waals surface area (Å²) in [5.74, 6) is 1.42. The van der Waals surface area contributed by atoms with Gasteiger partial charge in [-0.25, -0.2) is 0 Å². The molecule has 0 aliphatic carbocycles. The van der Waals surface area contributed by atoms with E-state index in [1.165, 1.54) is 5.56 Å². The van der Waals surface area contributed by atoms with Crippen molar-refractivity contribution in [3.63, 3.8) is 0 Å². The monoisotopic (exact) mass is 281 g/mol. The van der Waals surface area contributed by atoms with Gasteiger partial charge in [-0.3, -0.25) is 0 Å². The van der Waals surface area contributed by atoms with E-state index in [1.54, 1.807) is 7.11 Å². The number of ether oxygens (including phenoxy) is 2. The van der Waals surface area contributed by atoms with Gasteiger partial charge >= 0.3 is 0 Å². The van der Waals surface area contributed by atoms with Crippen molar-refractivity contribution in [3.05, 3.63) is 29.8 Å². The lowest BCUT2D eigenvalue weighted by Gasteiger charge is -2.17. The van der Waals surface area contributed by atoms with Gasteiger partial charge in [0, 0.05) is 19.7 Å². The number of benzene rings is 1. The second kappa shape index (κ2) is 8.95. The summed E-state index contributed by atoms with van der Waals surface area (Å²) in [5, 5.41) is 12.9. The Hall–Kier alpha value is -1.10. The van der Waals surface area contributed by atoms with Crippen LogP contribution in [0.1, 0.15) is 32.4 Å². The molecule has 1 aromatic carbocycles. The molecule has 4 heteroatoms. The maximum Gasteiger partial charge on any atom is 0.119 e. The molecule has 0 spiro atoms. The molecule has 1 aromatic rings. The molecule has 114 valence electrons. The van der Waals surface area contributed by atoms with Crippen LogP contribution in [0, 0.1) is 5.92 Å². The number of aliphatic hydroxyl groups is 1. The third kappa shape index (κ3) is 6.37. The van der Waals surface area contributed by atoms with Crippen molar-refractivity contribution < 1.29 is 14.6 Å². The molecule has 0 amide bonds. The van der Waals surface area contributed by atoms with Crippen LogP contribution in [-0.4, -0.2) is 38.1 Å². The van der Waals surface area contributed by atoms with Crippen LogP contribution in [0.4, 0.5) is 0 Å². The molecule has 2 unspecified atom stereocenters. The van der Waals surface area contributed by atoms with Crippen molar-refractivity contribution in [1.82, 2.24) is 5.32 Å². The molecule has 0 aliphatic rings. The first-order chi connectivity index (χ1) is 9.52. The minimum absolute atomic E-state index is 0.181. The van der Waals surface area contributed by atoms with Crippen LogP contribution in [0.5, 0.6) is 5.75 Å². The van der Waals surface area contributed by atoms with Crippen LogP contribution in [0.3, 0.4) is 0 Å². The van der Waals surface area contributed by atoms with Gasteiger partial charge in [0.2, 0.25) is 0 Å². The maximum absolute atomic E-state index is 9.60. The van der Waals surface area contributed by atoms with Crippen molar-refractivity contribution in [2.24, 2.45) is 5.92 Å². The van der Waals surface area contributed by atoms with E-state index in [2.05, 4.69) is 38.2 Å². The molecule has 0 fully saturated rings. The molecule has 0 bridgehead atoms. The van der Waals surface area contributed by atoms with E-state index in [4.69, 9.17) is 9.47 Å². The van der Waals surface area contributed by atoms with Gasteiger partial charge in [-0.15, -0.1) is 0 Å². The summed E-state index contributed by atoms with van der Waals surface area (Å²) >= 11 is 0. The Balaban J connectivity index is 2.42. The minimum atomic E-state index is -0.476. The molecular formula is C16H27NO3. The number of aliphatic hydroxyl groups excluding tert-OH is 1. The fourth-order valence-corrected chi connectivity index (χ4v) is 1.80. The maximum atomic E-state index is 9.60. The van der Waals surface area contributed by atoms with E-state index in [0.29, 0.717) is 19.1 Å². The number of methoxy groups -OCH3 is 1. The van der Waals surface area contributed by atoms with Crippen LogP contribution >= 0.6 is 0 Å².